The Balaban J connectivity index is 1.94. The molecule has 0 aliphatic rings. The largest absolute Gasteiger partial charge is 0.381 e. The number of halogens is 2. The Morgan fingerprint density at radius 3 is 2.29 bits per heavy atom. The summed E-state index contributed by atoms with van der Waals surface area (Å²) in [7, 11) is 1.53. The number of urea groups is 1. The molecule has 21 heavy (non-hydrogen) atoms. The second kappa shape index (κ2) is 6.69. The van der Waals surface area contributed by atoms with E-state index >= 15 is 0 Å². The fraction of sp³-hybridized carbons (Fsp3) is 0.133. The maximum atomic E-state index is 13.1. The molecule has 0 saturated heterocycles. The van der Waals surface area contributed by atoms with E-state index in [4.69, 9.17) is 0 Å². The van der Waals surface area contributed by atoms with Gasteiger partial charge in [0.25, 0.3) is 0 Å². The van der Waals surface area contributed by atoms with E-state index in [0.717, 1.165) is 17.8 Å². The molecular weight excluding hydrogens is 276 g/mol. The van der Waals surface area contributed by atoms with Crippen LogP contribution in [0.3, 0.4) is 0 Å². The fourth-order valence-electron chi connectivity index (χ4n) is 1.72. The first-order valence-corrected chi connectivity index (χ1v) is 6.35. The predicted molar refractivity (Wildman–Crippen MR) is 78.2 cm³/mol. The van der Waals surface area contributed by atoms with Gasteiger partial charge in [0.2, 0.25) is 0 Å². The Bertz CT molecular complexity index is 629. The molecule has 0 aromatic heterocycles. The summed E-state index contributed by atoms with van der Waals surface area (Å²) in [6.07, 6.45) is 0. The lowest BCUT2D eigenvalue weighted by Crippen LogP contribution is -2.24. The highest BCUT2D eigenvalue weighted by Crippen LogP contribution is 2.15. The zero-order chi connectivity index (χ0) is 15.2. The Morgan fingerprint density at radius 2 is 1.67 bits per heavy atom. The summed E-state index contributed by atoms with van der Waals surface area (Å²) in [4.78, 5) is 11.1. The molecule has 0 bridgehead atoms. The van der Waals surface area contributed by atoms with Crippen molar-refractivity contribution in [2.24, 2.45) is 0 Å². The van der Waals surface area contributed by atoms with Crippen LogP contribution in [0, 0.1) is 11.6 Å². The van der Waals surface area contributed by atoms with Gasteiger partial charge in [0.05, 0.1) is 0 Å². The van der Waals surface area contributed by atoms with Crippen LogP contribution < -0.4 is 16.0 Å². The van der Waals surface area contributed by atoms with Crippen LogP contribution in [0.25, 0.3) is 0 Å². The van der Waals surface area contributed by atoms with Gasteiger partial charge in [-0.15, -0.1) is 0 Å². The van der Waals surface area contributed by atoms with E-state index in [-0.39, 0.29) is 6.03 Å². The number of carbonyl (C=O) groups excluding carboxylic acids is 1. The second-order valence-electron chi connectivity index (χ2n) is 4.38. The first-order chi connectivity index (χ1) is 10.1. The zero-order valence-corrected chi connectivity index (χ0v) is 11.4. The Hall–Kier alpha value is -2.63. The van der Waals surface area contributed by atoms with Crippen molar-refractivity contribution < 1.29 is 13.6 Å². The maximum Gasteiger partial charge on any atom is 0.318 e. The fourth-order valence-corrected chi connectivity index (χ4v) is 1.72. The summed E-state index contributed by atoms with van der Waals surface area (Å²) < 4.78 is 25.9. The normalized spacial score (nSPS) is 10.0. The lowest BCUT2D eigenvalue weighted by molar-refractivity contribution is 0.254. The third-order valence-corrected chi connectivity index (χ3v) is 2.85. The SMILES string of the molecule is CNC(=O)Nc1ccc(NCc2ccc(F)c(F)c2)cc1. The highest BCUT2D eigenvalue weighted by Gasteiger charge is 2.03. The molecule has 0 radical (unpaired) electrons. The summed E-state index contributed by atoms with van der Waals surface area (Å²) in [5.74, 6) is -1.72. The van der Waals surface area contributed by atoms with Crippen LogP contribution in [0.2, 0.25) is 0 Å². The molecule has 0 aliphatic heterocycles. The second-order valence-corrected chi connectivity index (χ2v) is 4.38. The molecule has 0 atom stereocenters. The number of carbonyl (C=O) groups is 1. The summed E-state index contributed by atoms with van der Waals surface area (Å²) >= 11 is 0. The van der Waals surface area contributed by atoms with E-state index in [9.17, 15) is 13.6 Å². The van der Waals surface area contributed by atoms with Gasteiger partial charge in [-0.05, 0) is 42.0 Å². The van der Waals surface area contributed by atoms with Crippen LogP contribution in [0.4, 0.5) is 25.0 Å². The lowest BCUT2D eigenvalue weighted by Gasteiger charge is -2.09. The number of benzene rings is 2. The highest BCUT2D eigenvalue weighted by atomic mass is 19.2. The summed E-state index contributed by atoms with van der Waals surface area (Å²) in [6, 6.07) is 10.5. The van der Waals surface area contributed by atoms with Gasteiger partial charge in [0, 0.05) is 25.0 Å². The van der Waals surface area contributed by atoms with Gasteiger partial charge in [-0.2, -0.15) is 0 Å². The minimum absolute atomic E-state index is 0.294. The molecule has 0 fully saturated rings. The van der Waals surface area contributed by atoms with E-state index < -0.39 is 11.6 Å². The molecular formula is C15H15F2N3O. The standard InChI is InChI=1S/C15H15F2N3O/c1-18-15(21)20-12-5-3-11(4-6-12)19-9-10-2-7-13(16)14(17)8-10/h2-8,19H,9H2,1H3,(H2,18,20,21). The number of anilines is 2. The molecule has 0 saturated carbocycles. The number of hydrogen-bond donors (Lipinski definition) is 3. The van der Waals surface area contributed by atoms with Gasteiger partial charge in [-0.1, -0.05) is 6.07 Å². The molecule has 2 aromatic carbocycles. The van der Waals surface area contributed by atoms with E-state index in [1.54, 1.807) is 24.3 Å². The van der Waals surface area contributed by atoms with Crippen LogP contribution in [0.5, 0.6) is 0 Å². The van der Waals surface area contributed by atoms with Gasteiger partial charge in [-0.3, -0.25) is 0 Å². The van der Waals surface area contributed by atoms with E-state index in [2.05, 4.69) is 16.0 Å². The molecule has 0 heterocycles. The molecule has 110 valence electrons. The maximum absolute atomic E-state index is 13.1. The van der Waals surface area contributed by atoms with E-state index in [1.165, 1.54) is 13.1 Å². The number of nitrogens with one attached hydrogen (secondary N) is 3. The summed E-state index contributed by atoms with van der Waals surface area (Å²) in [6.45, 7) is 0.374. The average Bonchev–Trinajstić information content (AvgIpc) is 2.50. The van der Waals surface area contributed by atoms with Gasteiger partial charge in [-0.25, -0.2) is 13.6 Å². The van der Waals surface area contributed by atoms with Crippen molar-refractivity contribution in [3.63, 3.8) is 0 Å². The van der Waals surface area contributed by atoms with Crippen LogP contribution in [0.15, 0.2) is 42.5 Å². The van der Waals surface area contributed by atoms with Crippen LogP contribution in [-0.2, 0) is 6.54 Å². The summed E-state index contributed by atoms with van der Waals surface area (Å²) in [5, 5.41) is 8.17. The van der Waals surface area contributed by atoms with Gasteiger partial charge >= 0.3 is 6.03 Å². The van der Waals surface area contributed by atoms with Crippen LogP contribution in [-0.4, -0.2) is 13.1 Å². The molecule has 0 unspecified atom stereocenters. The van der Waals surface area contributed by atoms with Gasteiger partial charge < -0.3 is 16.0 Å². The van der Waals surface area contributed by atoms with Crippen molar-refractivity contribution in [1.82, 2.24) is 5.32 Å². The third-order valence-electron chi connectivity index (χ3n) is 2.85. The number of hydrogen-bond acceptors (Lipinski definition) is 2. The lowest BCUT2D eigenvalue weighted by atomic mass is 10.2. The Labute approximate surface area is 121 Å². The summed E-state index contributed by atoms with van der Waals surface area (Å²) in [5.41, 5.74) is 2.11. The monoisotopic (exact) mass is 291 g/mol. The first-order valence-electron chi connectivity index (χ1n) is 6.35. The van der Waals surface area contributed by atoms with E-state index in [0.29, 0.717) is 17.8 Å². The quantitative estimate of drug-likeness (QED) is 0.809. The molecule has 4 nitrogen and oxygen atoms in total. The first kappa shape index (κ1) is 14.8. The van der Waals surface area contributed by atoms with Crippen molar-refractivity contribution >= 4 is 17.4 Å². The molecule has 6 heteroatoms. The van der Waals surface area contributed by atoms with Crippen LogP contribution >= 0.6 is 0 Å². The number of rotatable bonds is 4. The minimum Gasteiger partial charge on any atom is -0.381 e. The zero-order valence-electron chi connectivity index (χ0n) is 11.4. The molecule has 0 aliphatic carbocycles. The molecule has 2 rings (SSSR count). The predicted octanol–water partition coefficient (Wildman–Crippen LogP) is 3.33. The number of amides is 2. The molecule has 2 amide bonds. The molecule has 2 aromatic rings. The van der Waals surface area contributed by atoms with Crippen LogP contribution in [0.1, 0.15) is 5.56 Å². The highest BCUT2D eigenvalue weighted by molar-refractivity contribution is 5.89. The van der Waals surface area contributed by atoms with Crippen molar-refractivity contribution in [3.05, 3.63) is 59.7 Å². The Morgan fingerprint density at radius 1 is 1.00 bits per heavy atom. The molecule has 3 N–H and O–H groups in total. The van der Waals surface area contributed by atoms with Crippen molar-refractivity contribution in [3.8, 4) is 0 Å². The van der Waals surface area contributed by atoms with E-state index in [1.807, 2.05) is 0 Å². The average molecular weight is 291 g/mol. The third kappa shape index (κ3) is 4.17. The van der Waals surface area contributed by atoms with Crippen molar-refractivity contribution in [2.75, 3.05) is 17.7 Å². The van der Waals surface area contributed by atoms with Gasteiger partial charge in [0.1, 0.15) is 0 Å². The van der Waals surface area contributed by atoms with Crippen molar-refractivity contribution in [2.45, 2.75) is 6.54 Å². The van der Waals surface area contributed by atoms with Gasteiger partial charge in [0.15, 0.2) is 11.6 Å². The minimum atomic E-state index is -0.862. The molecule has 0 spiro atoms. The van der Waals surface area contributed by atoms with Crippen molar-refractivity contribution in [1.29, 1.82) is 0 Å². The smallest absolute Gasteiger partial charge is 0.318 e. The topological polar surface area (TPSA) is 53.2 Å². The Kier molecular flexibility index (Phi) is 4.71.